The summed E-state index contributed by atoms with van der Waals surface area (Å²) in [5.41, 5.74) is 0.825. The van der Waals surface area contributed by atoms with Crippen molar-refractivity contribution in [3.05, 3.63) is 60.2 Å². The zero-order chi connectivity index (χ0) is 17.2. The molecule has 0 amide bonds. The first-order chi connectivity index (χ1) is 11.5. The second-order valence-corrected chi connectivity index (χ2v) is 7.74. The number of methoxy groups -OCH3 is 1. The Bertz CT molecular complexity index is 798. The summed E-state index contributed by atoms with van der Waals surface area (Å²) in [6.07, 6.45) is 1.69. The van der Waals surface area contributed by atoms with E-state index in [1.54, 1.807) is 13.3 Å². The smallest absolute Gasteiger partial charge is 0.246 e. The molecule has 3 rings (SSSR count). The van der Waals surface area contributed by atoms with Crippen molar-refractivity contribution in [1.82, 2.24) is 9.29 Å². The summed E-state index contributed by atoms with van der Waals surface area (Å²) in [6, 6.07) is 11.0. The molecule has 1 aliphatic rings. The van der Waals surface area contributed by atoms with E-state index in [-0.39, 0.29) is 29.8 Å². The fourth-order valence-electron chi connectivity index (χ4n) is 3.13. The summed E-state index contributed by atoms with van der Waals surface area (Å²) >= 11 is 0. The Morgan fingerprint density at radius 2 is 1.96 bits per heavy atom. The van der Waals surface area contributed by atoms with E-state index < -0.39 is 15.8 Å². The van der Waals surface area contributed by atoms with E-state index in [4.69, 9.17) is 4.74 Å². The zero-order valence-electron chi connectivity index (χ0n) is 13.3. The standard InChI is InChI=1S/C17H19FN2O3S/c1-23-12-13-10-20(11-14(13)16-7-4-5-9-19-16)24(21,22)17-8-3-2-6-15(17)18/h2-9,13-14H,10-12H2,1H3. The number of rotatable bonds is 5. The molecule has 1 saturated heterocycles. The number of hydrogen-bond donors (Lipinski definition) is 0. The molecule has 0 bridgehead atoms. The molecule has 0 aliphatic carbocycles. The lowest BCUT2D eigenvalue weighted by Gasteiger charge is -2.16. The average Bonchev–Trinajstić information content (AvgIpc) is 3.01. The lowest BCUT2D eigenvalue weighted by atomic mass is 9.93. The van der Waals surface area contributed by atoms with Crippen LogP contribution in [-0.2, 0) is 14.8 Å². The van der Waals surface area contributed by atoms with Crippen LogP contribution in [-0.4, -0.2) is 44.5 Å². The summed E-state index contributed by atoms with van der Waals surface area (Å²) in [6.45, 7) is 0.970. The van der Waals surface area contributed by atoms with Crippen molar-refractivity contribution >= 4 is 10.0 Å². The van der Waals surface area contributed by atoms with Crippen LogP contribution >= 0.6 is 0 Å². The van der Waals surface area contributed by atoms with Crippen molar-refractivity contribution in [2.24, 2.45) is 5.92 Å². The minimum Gasteiger partial charge on any atom is -0.384 e. The van der Waals surface area contributed by atoms with Crippen LogP contribution in [0.25, 0.3) is 0 Å². The van der Waals surface area contributed by atoms with E-state index in [0.29, 0.717) is 6.61 Å². The van der Waals surface area contributed by atoms with Crippen LogP contribution in [0.2, 0.25) is 0 Å². The maximum absolute atomic E-state index is 14.0. The van der Waals surface area contributed by atoms with E-state index in [9.17, 15) is 12.8 Å². The molecule has 5 nitrogen and oxygen atoms in total. The van der Waals surface area contributed by atoms with E-state index in [1.165, 1.54) is 22.5 Å². The van der Waals surface area contributed by atoms with Gasteiger partial charge >= 0.3 is 0 Å². The first-order valence-corrected chi connectivity index (χ1v) is 9.12. The predicted molar refractivity (Wildman–Crippen MR) is 87.5 cm³/mol. The molecule has 7 heteroatoms. The molecular weight excluding hydrogens is 331 g/mol. The van der Waals surface area contributed by atoms with Crippen molar-refractivity contribution in [1.29, 1.82) is 0 Å². The Morgan fingerprint density at radius 3 is 2.62 bits per heavy atom. The Balaban J connectivity index is 1.92. The number of hydrogen-bond acceptors (Lipinski definition) is 4. The Hall–Kier alpha value is -1.83. The van der Waals surface area contributed by atoms with E-state index in [0.717, 1.165) is 11.8 Å². The number of sulfonamides is 1. The molecule has 0 spiro atoms. The second kappa shape index (κ2) is 6.96. The van der Waals surface area contributed by atoms with Gasteiger partial charge in [0, 0.05) is 43.9 Å². The quantitative estimate of drug-likeness (QED) is 0.830. The summed E-state index contributed by atoms with van der Waals surface area (Å²) in [7, 11) is -2.30. The molecule has 0 saturated carbocycles. The minimum absolute atomic E-state index is 0.0218. The highest BCUT2D eigenvalue weighted by Gasteiger charge is 2.41. The van der Waals surface area contributed by atoms with Gasteiger partial charge in [-0.2, -0.15) is 4.31 Å². The van der Waals surface area contributed by atoms with Crippen LogP contribution in [0.1, 0.15) is 11.6 Å². The van der Waals surface area contributed by atoms with Gasteiger partial charge in [0.2, 0.25) is 10.0 Å². The van der Waals surface area contributed by atoms with Crippen LogP contribution < -0.4 is 0 Å². The number of nitrogens with zero attached hydrogens (tertiary/aromatic N) is 2. The predicted octanol–water partition coefficient (Wildman–Crippen LogP) is 2.27. The summed E-state index contributed by atoms with van der Waals surface area (Å²) in [5.74, 6) is -0.832. The number of pyridine rings is 1. The third kappa shape index (κ3) is 3.19. The topological polar surface area (TPSA) is 59.5 Å². The van der Waals surface area contributed by atoms with Crippen molar-refractivity contribution in [2.45, 2.75) is 10.8 Å². The van der Waals surface area contributed by atoms with Gasteiger partial charge < -0.3 is 4.74 Å². The number of aromatic nitrogens is 1. The molecule has 1 aliphatic heterocycles. The highest BCUT2D eigenvalue weighted by molar-refractivity contribution is 7.89. The molecule has 128 valence electrons. The molecule has 1 aromatic heterocycles. The van der Waals surface area contributed by atoms with Crippen LogP contribution in [0, 0.1) is 11.7 Å². The van der Waals surface area contributed by atoms with Gasteiger partial charge in [-0.3, -0.25) is 4.98 Å². The molecule has 2 heterocycles. The fourth-order valence-corrected chi connectivity index (χ4v) is 4.72. The number of ether oxygens (including phenoxy) is 1. The largest absolute Gasteiger partial charge is 0.384 e. The highest BCUT2D eigenvalue weighted by Crippen LogP contribution is 2.35. The number of halogens is 1. The van der Waals surface area contributed by atoms with Crippen molar-refractivity contribution in [3.63, 3.8) is 0 Å². The molecule has 2 aromatic rings. The highest BCUT2D eigenvalue weighted by atomic mass is 32.2. The SMILES string of the molecule is COCC1CN(S(=O)(=O)c2ccccc2F)CC1c1ccccn1. The normalized spacial score (nSPS) is 21.9. The number of benzene rings is 1. The van der Waals surface area contributed by atoms with Gasteiger partial charge in [0.1, 0.15) is 10.7 Å². The third-order valence-corrected chi connectivity index (χ3v) is 6.18. The molecule has 24 heavy (non-hydrogen) atoms. The molecule has 1 aromatic carbocycles. The summed E-state index contributed by atoms with van der Waals surface area (Å²) in [4.78, 5) is 4.06. The Kier molecular flexibility index (Phi) is 4.93. The molecule has 0 N–H and O–H groups in total. The van der Waals surface area contributed by atoms with Crippen LogP contribution in [0.5, 0.6) is 0 Å². The first-order valence-electron chi connectivity index (χ1n) is 7.68. The first kappa shape index (κ1) is 17.0. The van der Waals surface area contributed by atoms with Gasteiger partial charge in [0.15, 0.2) is 0 Å². The lowest BCUT2D eigenvalue weighted by molar-refractivity contribution is 0.150. The lowest BCUT2D eigenvalue weighted by Crippen LogP contribution is -2.30. The van der Waals surface area contributed by atoms with Gasteiger partial charge in [-0.1, -0.05) is 18.2 Å². The summed E-state index contributed by atoms with van der Waals surface area (Å²) in [5, 5.41) is 0. The maximum atomic E-state index is 14.0. The van der Waals surface area contributed by atoms with Gasteiger partial charge in [0.25, 0.3) is 0 Å². The fraction of sp³-hybridized carbons (Fsp3) is 0.353. The van der Waals surface area contributed by atoms with Crippen LogP contribution in [0.15, 0.2) is 53.6 Å². The van der Waals surface area contributed by atoms with Gasteiger partial charge in [-0.25, -0.2) is 12.8 Å². The van der Waals surface area contributed by atoms with Gasteiger partial charge in [0.05, 0.1) is 6.61 Å². The van der Waals surface area contributed by atoms with Gasteiger partial charge in [-0.15, -0.1) is 0 Å². The van der Waals surface area contributed by atoms with E-state index in [2.05, 4.69) is 4.98 Å². The monoisotopic (exact) mass is 350 g/mol. The molecule has 2 atom stereocenters. The third-order valence-electron chi connectivity index (χ3n) is 4.31. The van der Waals surface area contributed by atoms with Crippen molar-refractivity contribution in [3.8, 4) is 0 Å². The minimum atomic E-state index is -3.89. The molecule has 0 radical (unpaired) electrons. The van der Waals surface area contributed by atoms with Crippen LogP contribution in [0.3, 0.4) is 0 Å². The molecule has 1 fully saturated rings. The Labute approximate surface area is 141 Å². The Morgan fingerprint density at radius 1 is 1.21 bits per heavy atom. The second-order valence-electron chi connectivity index (χ2n) is 5.83. The zero-order valence-corrected chi connectivity index (χ0v) is 14.1. The van der Waals surface area contributed by atoms with Gasteiger partial charge in [-0.05, 0) is 24.3 Å². The molecular formula is C17H19FN2O3S. The maximum Gasteiger partial charge on any atom is 0.246 e. The van der Waals surface area contributed by atoms with E-state index >= 15 is 0 Å². The average molecular weight is 350 g/mol. The molecule has 2 unspecified atom stereocenters. The van der Waals surface area contributed by atoms with E-state index in [1.807, 2.05) is 18.2 Å². The van der Waals surface area contributed by atoms with Crippen molar-refractivity contribution in [2.75, 3.05) is 26.8 Å². The summed E-state index contributed by atoms with van der Waals surface area (Å²) < 4.78 is 46.1. The van der Waals surface area contributed by atoms with Crippen LogP contribution in [0.4, 0.5) is 4.39 Å². The van der Waals surface area contributed by atoms with Crippen molar-refractivity contribution < 1.29 is 17.5 Å².